The topological polar surface area (TPSA) is 104 Å². The van der Waals surface area contributed by atoms with E-state index in [1.807, 2.05) is 75.4 Å². The molecule has 3 aromatic carbocycles. The van der Waals surface area contributed by atoms with Crippen molar-refractivity contribution in [1.29, 1.82) is 0 Å². The fourth-order valence-electron chi connectivity index (χ4n) is 4.73. The van der Waals surface area contributed by atoms with Crippen LogP contribution in [0.15, 0.2) is 83.8 Å². The number of carbonyl (C=O) groups is 3. The number of nitrogens with zero attached hydrogens (tertiary/aromatic N) is 2. The minimum atomic E-state index is -4.05. The molecule has 3 aromatic rings. The van der Waals surface area contributed by atoms with Gasteiger partial charge in [-0.15, -0.1) is 0 Å². The molecule has 0 bridgehead atoms. The maximum absolute atomic E-state index is 13.8. The Kier molecular flexibility index (Phi) is 8.50. The van der Waals surface area contributed by atoms with Crippen molar-refractivity contribution in [2.45, 2.75) is 57.1 Å². The number of hydrogen-bond acceptors (Lipinski definition) is 5. The number of nitrogens with one attached hydrogen (secondary N) is 1. The number of fused-ring (bicyclic) bond motifs is 1. The van der Waals surface area contributed by atoms with E-state index in [-0.39, 0.29) is 48.3 Å². The largest absolute Gasteiger partial charge is 0.352 e. The fourth-order valence-corrected chi connectivity index (χ4v) is 6.30. The lowest BCUT2D eigenvalue weighted by Gasteiger charge is -2.32. The summed E-state index contributed by atoms with van der Waals surface area (Å²) in [6.45, 7) is 5.49. The molecule has 0 fully saturated rings. The fraction of sp³-hybridized carbons (Fsp3) is 0.300. The van der Waals surface area contributed by atoms with Gasteiger partial charge in [-0.05, 0) is 44.0 Å². The third-order valence-corrected chi connectivity index (χ3v) is 8.42. The zero-order valence-electron chi connectivity index (χ0n) is 22.3. The van der Waals surface area contributed by atoms with Gasteiger partial charge in [-0.25, -0.2) is 12.7 Å². The van der Waals surface area contributed by atoms with Gasteiger partial charge in [-0.3, -0.25) is 14.4 Å². The predicted molar refractivity (Wildman–Crippen MR) is 148 cm³/mol. The number of amides is 3. The van der Waals surface area contributed by atoms with E-state index in [1.165, 1.54) is 17.0 Å². The quantitative estimate of drug-likeness (QED) is 0.417. The Morgan fingerprint density at radius 3 is 2.26 bits per heavy atom. The van der Waals surface area contributed by atoms with Gasteiger partial charge in [-0.1, -0.05) is 72.3 Å². The van der Waals surface area contributed by atoms with Crippen molar-refractivity contribution >= 4 is 27.7 Å². The number of sulfonamides is 1. The molecule has 9 heteroatoms. The molecule has 0 saturated carbocycles. The first-order valence-corrected chi connectivity index (χ1v) is 14.4. The average molecular weight is 548 g/mol. The summed E-state index contributed by atoms with van der Waals surface area (Å²) >= 11 is 0. The summed E-state index contributed by atoms with van der Waals surface area (Å²) in [5.41, 5.74) is 2.84. The van der Waals surface area contributed by atoms with Crippen molar-refractivity contribution in [3.63, 3.8) is 0 Å². The summed E-state index contributed by atoms with van der Waals surface area (Å²) in [4.78, 5) is 41.6. The Balaban J connectivity index is 1.64. The summed E-state index contributed by atoms with van der Waals surface area (Å²) in [7, 11) is -4.05. The van der Waals surface area contributed by atoms with Gasteiger partial charge in [0.05, 0.1) is 5.56 Å². The Bertz CT molecular complexity index is 1470. The molecule has 1 heterocycles. The van der Waals surface area contributed by atoms with Crippen LogP contribution in [0.4, 0.5) is 0 Å². The van der Waals surface area contributed by atoms with Gasteiger partial charge < -0.3 is 10.2 Å². The first kappa shape index (κ1) is 28.0. The van der Waals surface area contributed by atoms with Gasteiger partial charge in [0.2, 0.25) is 11.8 Å². The molecular weight excluding hydrogens is 514 g/mol. The van der Waals surface area contributed by atoms with Crippen molar-refractivity contribution < 1.29 is 22.8 Å². The van der Waals surface area contributed by atoms with Crippen LogP contribution in [-0.2, 0) is 32.6 Å². The minimum absolute atomic E-state index is 0.0580. The highest BCUT2D eigenvalue weighted by Crippen LogP contribution is 2.30. The van der Waals surface area contributed by atoms with Gasteiger partial charge >= 0.3 is 0 Å². The van der Waals surface area contributed by atoms with Crippen LogP contribution < -0.4 is 5.32 Å². The maximum Gasteiger partial charge on any atom is 0.269 e. The molecule has 39 heavy (non-hydrogen) atoms. The standard InChI is InChI=1S/C30H33N3O5S/c1-21(2)31-29(35)26(19-23-11-5-4-6-12-23)32(20-24-13-9-10-22(3)18-24)28(34)16-17-33-30(36)25-14-7-8-15-27(25)39(33,37)38/h4-15,18,21,26H,16-17,19-20H2,1-3H3,(H,31,35)/t26-/m0/s1. The van der Waals surface area contributed by atoms with E-state index >= 15 is 0 Å². The second-order valence-corrected chi connectivity index (χ2v) is 11.8. The molecule has 0 aromatic heterocycles. The van der Waals surface area contributed by atoms with E-state index in [9.17, 15) is 22.8 Å². The zero-order valence-corrected chi connectivity index (χ0v) is 23.1. The Hall–Kier alpha value is -3.98. The highest BCUT2D eigenvalue weighted by Gasteiger charge is 2.41. The van der Waals surface area contributed by atoms with Gasteiger partial charge in [0.15, 0.2) is 0 Å². The molecule has 1 aliphatic rings. The Labute approximate surface area is 229 Å². The van der Waals surface area contributed by atoms with E-state index in [0.29, 0.717) is 0 Å². The third-order valence-electron chi connectivity index (χ3n) is 6.58. The third kappa shape index (κ3) is 6.37. The monoisotopic (exact) mass is 547 g/mol. The van der Waals surface area contributed by atoms with Gasteiger partial charge in [0.1, 0.15) is 10.9 Å². The van der Waals surface area contributed by atoms with E-state index in [1.54, 1.807) is 12.1 Å². The molecule has 1 N–H and O–H groups in total. The van der Waals surface area contributed by atoms with Crippen LogP contribution in [0.3, 0.4) is 0 Å². The van der Waals surface area contributed by atoms with Crippen molar-refractivity contribution in [2.75, 3.05) is 6.54 Å². The number of carbonyl (C=O) groups excluding carboxylic acids is 3. The molecule has 0 radical (unpaired) electrons. The number of hydrogen-bond donors (Lipinski definition) is 1. The van der Waals surface area contributed by atoms with Crippen molar-refractivity contribution in [1.82, 2.24) is 14.5 Å². The second kappa shape index (κ2) is 11.8. The highest BCUT2D eigenvalue weighted by molar-refractivity contribution is 7.90. The summed E-state index contributed by atoms with van der Waals surface area (Å²) in [5.74, 6) is -1.37. The summed E-state index contributed by atoms with van der Waals surface area (Å²) < 4.78 is 26.8. The Morgan fingerprint density at radius 2 is 1.59 bits per heavy atom. The molecule has 0 spiro atoms. The average Bonchev–Trinajstić information content (AvgIpc) is 3.09. The van der Waals surface area contributed by atoms with Crippen LogP contribution >= 0.6 is 0 Å². The number of benzene rings is 3. The molecule has 204 valence electrons. The van der Waals surface area contributed by atoms with E-state index in [0.717, 1.165) is 21.0 Å². The van der Waals surface area contributed by atoms with Crippen molar-refractivity contribution in [3.05, 3.63) is 101 Å². The van der Waals surface area contributed by atoms with Gasteiger partial charge in [-0.2, -0.15) is 0 Å². The van der Waals surface area contributed by atoms with Gasteiger partial charge in [0, 0.05) is 32.0 Å². The van der Waals surface area contributed by atoms with E-state index < -0.39 is 27.9 Å². The lowest BCUT2D eigenvalue weighted by molar-refractivity contribution is -0.141. The molecular formula is C30H33N3O5S. The van der Waals surface area contributed by atoms with Crippen LogP contribution in [0.25, 0.3) is 0 Å². The van der Waals surface area contributed by atoms with Crippen molar-refractivity contribution in [2.24, 2.45) is 0 Å². The molecule has 0 aliphatic carbocycles. The first-order chi connectivity index (χ1) is 18.6. The molecule has 4 rings (SSSR count). The smallest absolute Gasteiger partial charge is 0.269 e. The molecule has 1 atom stereocenters. The summed E-state index contributed by atoms with van der Waals surface area (Å²) in [5, 5.41) is 2.93. The first-order valence-electron chi connectivity index (χ1n) is 12.9. The van der Waals surface area contributed by atoms with Crippen LogP contribution in [0.1, 0.15) is 47.3 Å². The maximum atomic E-state index is 13.8. The zero-order chi connectivity index (χ0) is 28.2. The second-order valence-electron chi connectivity index (χ2n) is 10.0. The Morgan fingerprint density at radius 1 is 0.923 bits per heavy atom. The van der Waals surface area contributed by atoms with Gasteiger partial charge in [0.25, 0.3) is 15.9 Å². The molecule has 0 saturated heterocycles. The lowest BCUT2D eigenvalue weighted by atomic mass is 10.0. The SMILES string of the molecule is Cc1cccc(CN(C(=O)CCN2C(=O)c3ccccc3S2(=O)=O)[C@@H](Cc2ccccc2)C(=O)NC(C)C)c1. The number of rotatable bonds is 10. The molecule has 3 amide bonds. The van der Waals surface area contributed by atoms with Crippen LogP contribution in [0.2, 0.25) is 0 Å². The molecule has 1 aliphatic heterocycles. The van der Waals surface area contributed by atoms with Crippen molar-refractivity contribution in [3.8, 4) is 0 Å². The van der Waals surface area contributed by atoms with Crippen LogP contribution in [-0.4, -0.2) is 54.0 Å². The predicted octanol–water partition coefficient (Wildman–Crippen LogP) is 3.69. The van der Waals surface area contributed by atoms with Crippen LogP contribution in [0.5, 0.6) is 0 Å². The molecule has 0 unspecified atom stereocenters. The highest BCUT2D eigenvalue weighted by atomic mass is 32.2. The lowest BCUT2D eigenvalue weighted by Crippen LogP contribution is -2.52. The van der Waals surface area contributed by atoms with E-state index in [2.05, 4.69) is 5.32 Å². The normalized spacial score (nSPS) is 14.7. The summed E-state index contributed by atoms with van der Waals surface area (Å²) in [6, 6.07) is 22.1. The number of aryl methyl sites for hydroxylation is 1. The van der Waals surface area contributed by atoms with E-state index in [4.69, 9.17) is 0 Å². The minimum Gasteiger partial charge on any atom is -0.352 e. The van der Waals surface area contributed by atoms with Crippen LogP contribution in [0, 0.1) is 6.92 Å². The summed E-state index contributed by atoms with van der Waals surface area (Å²) in [6.07, 6.45) is 0.0222. The molecule has 8 nitrogen and oxygen atoms in total.